The Balaban J connectivity index is 1.98. The second-order valence-electron chi connectivity index (χ2n) is 4.94. The monoisotopic (exact) mass is 291 g/mol. The molecule has 0 amide bonds. The average molecular weight is 292 g/mol. The molecule has 0 bridgehead atoms. The lowest BCUT2D eigenvalue weighted by Crippen LogP contribution is -2.15. The van der Waals surface area contributed by atoms with Crippen LogP contribution < -0.4 is 10.5 Å². The molecule has 0 saturated heterocycles. The van der Waals surface area contributed by atoms with Gasteiger partial charge < -0.3 is 10.5 Å². The summed E-state index contributed by atoms with van der Waals surface area (Å²) < 4.78 is 19.1. The van der Waals surface area contributed by atoms with Crippen LogP contribution in [0.25, 0.3) is 0 Å². The number of hydrogen-bond acceptors (Lipinski definition) is 2. The molecule has 0 fully saturated rings. The SMILES string of the molecule is NC(c1ccc2c(c1)CCCO2)c1cccc(F)c1Cl. The van der Waals surface area contributed by atoms with E-state index in [0.717, 1.165) is 36.3 Å². The van der Waals surface area contributed by atoms with Gasteiger partial charge in [0.1, 0.15) is 11.6 Å². The zero-order chi connectivity index (χ0) is 14.1. The van der Waals surface area contributed by atoms with Crippen LogP contribution in [0.1, 0.15) is 29.2 Å². The molecule has 0 spiro atoms. The first kappa shape index (κ1) is 13.4. The number of halogens is 2. The predicted molar refractivity (Wildman–Crippen MR) is 77.7 cm³/mol. The Bertz CT molecular complexity index is 644. The van der Waals surface area contributed by atoms with Crippen molar-refractivity contribution >= 4 is 11.6 Å². The standard InChI is InChI=1S/C16H15ClFNO/c17-15-12(4-1-5-13(15)18)16(19)11-6-7-14-10(9-11)3-2-8-20-14/h1,4-7,9,16H,2-3,8,19H2. The highest BCUT2D eigenvalue weighted by molar-refractivity contribution is 6.31. The fourth-order valence-electron chi connectivity index (χ4n) is 2.51. The van der Waals surface area contributed by atoms with Crippen LogP contribution >= 0.6 is 11.6 Å². The van der Waals surface area contributed by atoms with Crippen LogP contribution in [0.5, 0.6) is 5.75 Å². The Morgan fingerprint density at radius 3 is 2.95 bits per heavy atom. The minimum atomic E-state index is -0.444. The molecule has 1 atom stereocenters. The maximum Gasteiger partial charge on any atom is 0.142 e. The molecule has 2 N–H and O–H groups in total. The minimum absolute atomic E-state index is 0.0916. The molecule has 3 rings (SSSR count). The molecule has 1 aliphatic heterocycles. The first-order valence-electron chi connectivity index (χ1n) is 6.62. The van der Waals surface area contributed by atoms with Gasteiger partial charge in [-0.2, -0.15) is 0 Å². The van der Waals surface area contributed by atoms with Crippen LogP contribution in [0.3, 0.4) is 0 Å². The van der Waals surface area contributed by atoms with Crippen molar-refractivity contribution in [1.82, 2.24) is 0 Å². The van der Waals surface area contributed by atoms with Crippen molar-refractivity contribution in [3.8, 4) is 5.75 Å². The molecule has 2 aromatic rings. The Kier molecular flexibility index (Phi) is 3.64. The van der Waals surface area contributed by atoms with Crippen molar-refractivity contribution in [3.63, 3.8) is 0 Å². The maximum atomic E-state index is 13.5. The number of ether oxygens (including phenoxy) is 1. The molecular formula is C16H15ClFNO. The van der Waals surface area contributed by atoms with Crippen molar-refractivity contribution in [3.05, 3.63) is 63.9 Å². The second-order valence-corrected chi connectivity index (χ2v) is 5.32. The van der Waals surface area contributed by atoms with Crippen molar-refractivity contribution in [2.45, 2.75) is 18.9 Å². The Morgan fingerprint density at radius 2 is 2.10 bits per heavy atom. The van der Waals surface area contributed by atoms with Gasteiger partial charge in [0.05, 0.1) is 17.7 Å². The number of aryl methyl sites for hydroxylation is 1. The van der Waals surface area contributed by atoms with E-state index >= 15 is 0 Å². The van der Waals surface area contributed by atoms with Gasteiger partial charge in [-0.25, -0.2) is 4.39 Å². The van der Waals surface area contributed by atoms with E-state index in [2.05, 4.69) is 0 Å². The summed E-state index contributed by atoms with van der Waals surface area (Å²) in [4.78, 5) is 0. The van der Waals surface area contributed by atoms with Crippen LogP contribution in [-0.4, -0.2) is 6.61 Å². The molecule has 0 saturated carbocycles. The van der Waals surface area contributed by atoms with E-state index in [0.29, 0.717) is 5.56 Å². The quantitative estimate of drug-likeness (QED) is 0.912. The highest BCUT2D eigenvalue weighted by atomic mass is 35.5. The van der Waals surface area contributed by atoms with Gasteiger partial charge in [-0.15, -0.1) is 0 Å². The number of fused-ring (bicyclic) bond motifs is 1. The second kappa shape index (κ2) is 5.43. The zero-order valence-corrected chi connectivity index (χ0v) is 11.7. The lowest BCUT2D eigenvalue weighted by molar-refractivity contribution is 0.288. The van der Waals surface area contributed by atoms with Crippen LogP contribution in [-0.2, 0) is 6.42 Å². The van der Waals surface area contributed by atoms with Crippen molar-refractivity contribution in [1.29, 1.82) is 0 Å². The average Bonchev–Trinajstić information content (AvgIpc) is 2.49. The Hall–Kier alpha value is -1.58. The Labute approximate surface area is 122 Å². The molecule has 1 unspecified atom stereocenters. The summed E-state index contributed by atoms with van der Waals surface area (Å²) in [5, 5.41) is 0.0916. The van der Waals surface area contributed by atoms with Gasteiger partial charge in [0.2, 0.25) is 0 Å². The fraction of sp³-hybridized carbons (Fsp3) is 0.250. The third-order valence-electron chi connectivity index (χ3n) is 3.61. The zero-order valence-electron chi connectivity index (χ0n) is 10.9. The van der Waals surface area contributed by atoms with E-state index in [1.54, 1.807) is 12.1 Å². The highest BCUT2D eigenvalue weighted by Crippen LogP contribution is 2.32. The molecule has 2 aromatic carbocycles. The van der Waals surface area contributed by atoms with Gasteiger partial charge >= 0.3 is 0 Å². The summed E-state index contributed by atoms with van der Waals surface area (Å²) in [6, 6.07) is 10.1. The molecule has 0 radical (unpaired) electrons. The first-order valence-corrected chi connectivity index (χ1v) is 7.00. The molecule has 0 aliphatic carbocycles. The highest BCUT2D eigenvalue weighted by Gasteiger charge is 2.17. The lowest BCUT2D eigenvalue weighted by Gasteiger charge is -2.20. The summed E-state index contributed by atoms with van der Waals surface area (Å²) in [6.07, 6.45) is 1.99. The summed E-state index contributed by atoms with van der Waals surface area (Å²) in [6.45, 7) is 0.758. The van der Waals surface area contributed by atoms with E-state index in [1.165, 1.54) is 6.07 Å². The van der Waals surface area contributed by atoms with Gasteiger partial charge in [-0.1, -0.05) is 35.9 Å². The summed E-state index contributed by atoms with van der Waals surface area (Å²) in [5.74, 6) is 0.471. The number of benzene rings is 2. The third-order valence-corrected chi connectivity index (χ3v) is 4.01. The minimum Gasteiger partial charge on any atom is -0.493 e. The lowest BCUT2D eigenvalue weighted by atomic mass is 9.95. The first-order chi connectivity index (χ1) is 9.66. The van der Waals surface area contributed by atoms with Crippen LogP contribution in [0, 0.1) is 5.82 Å². The van der Waals surface area contributed by atoms with Crippen LogP contribution in [0.2, 0.25) is 5.02 Å². The molecule has 2 nitrogen and oxygen atoms in total. The van der Waals surface area contributed by atoms with Gasteiger partial charge in [0.15, 0.2) is 0 Å². The van der Waals surface area contributed by atoms with Gasteiger partial charge in [-0.05, 0) is 41.7 Å². The predicted octanol–water partition coefficient (Wildman–Crippen LogP) is 3.85. The van der Waals surface area contributed by atoms with E-state index in [9.17, 15) is 4.39 Å². The van der Waals surface area contributed by atoms with Crippen molar-refractivity contribution in [2.24, 2.45) is 5.73 Å². The van der Waals surface area contributed by atoms with Crippen LogP contribution in [0.15, 0.2) is 36.4 Å². The van der Waals surface area contributed by atoms with E-state index in [-0.39, 0.29) is 5.02 Å². The van der Waals surface area contributed by atoms with Crippen LogP contribution in [0.4, 0.5) is 4.39 Å². The van der Waals surface area contributed by atoms with E-state index < -0.39 is 11.9 Å². The van der Waals surface area contributed by atoms with Crippen molar-refractivity contribution in [2.75, 3.05) is 6.61 Å². The number of hydrogen-bond donors (Lipinski definition) is 1. The molecular weight excluding hydrogens is 277 g/mol. The van der Waals surface area contributed by atoms with Gasteiger partial charge in [-0.3, -0.25) is 0 Å². The normalized spacial score (nSPS) is 15.3. The number of rotatable bonds is 2. The smallest absolute Gasteiger partial charge is 0.142 e. The molecule has 104 valence electrons. The van der Waals surface area contributed by atoms with Gasteiger partial charge in [0.25, 0.3) is 0 Å². The summed E-state index contributed by atoms with van der Waals surface area (Å²) in [7, 11) is 0. The third kappa shape index (κ3) is 2.39. The molecule has 1 aliphatic rings. The topological polar surface area (TPSA) is 35.2 Å². The summed E-state index contributed by atoms with van der Waals surface area (Å²) in [5.41, 5.74) is 8.90. The number of nitrogens with two attached hydrogens (primary N) is 1. The molecule has 0 aromatic heterocycles. The largest absolute Gasteiger partial charge is 0.493 e. The summed E-state index contributed by atoms with van der Waals surface area (Å²) >= 11 is 6.00. The molecule has 1 heterocycles. The Morgan fingerprint density at radius 1 is 1.25 bits per heavy atom. The molecule has 20 heavy (non-hydrogen) atoms. The fourth-order valence-corrected chi connectivity index (χ4v) is 2.76. The van der Waals surface area contributed by atoms with Crippen molar-refractivity contribution < 1.29 is 9.13 Å². The molecule has 4 heteroatoms. The van der Waals surface area contributed by atoms with E-state index in [1.807, 2.05) is 18.2 Å². The maximum absolute atomic E-state index is 13.5. The van der Waals surface area contributed by atoms with Gasteiger partial charge in [0, 0.05) is 0 Å². The van der Waals surface area contributed by atoms with E-state index in [4.69, 9.17) is 22.1 Å².